The van der Waals surface area contributed by atoms with Crippen LogP contribution in [0.4, 0.5) is 15.8 Å². The molecule has 33 heavy (non-hydrogen) atoms. The van der Waals surface area contributed by atoms with Crippen LogP contribution >= 0.6 is 0 Å². The molecule has 1 N–H and O–H groups in total. The van der Waals surface area contributed by atoms with Gasteiger partial charge in [0.05, 0.1) is 25.1 Å². The second kappa shape index (κ2) is 10.4. The number of methoxy groups -OCH3 is 1. The van der Waals surface area contributed by atoms with E-state index in [4.69, 9.17) is 9.47 Å². The fraction of sp³-hybridized carbons (Fsp3) is 0.208. The molecule has 0 radical (unpaired) electrons. The predicted octanol–water partition coefficient (Wildman–Crippen LogP) is 4.38. The number of carbonyl (C=O) groups is 1. The van der Waals surface area contributed by atoms with Crippen LogP contribution in [0.3, 0.4) is 0 Å². The molecule has 0 aromatic heterocycles. The molecular formula is C24H25FN2O5S. The lowest BCUT2D eigenvalue weighted by Crippen LogP contribution is -2.38. The molecule has 0 unspecified atom stereocenters. The predicted molar refractivity (Wildman–Crippen MR) is 125 cm³/mol. The Labute approximate surface area is 192 Å². The summed E-state index contributed by atoms with van der Waals surface area (Å²) in [5.41, 5.74) is 1.24. The molecule has 0 bridgehead atoms. The number of nitrogens with zero attached hydrogens (tertiary/aromatic N) is 1. The molecule has 0 saturated heterocycles. The monoisotopic (exact) mass is 472 g/mol. The third-order valence-corrected chi connectivity index (χ3v) is 6.55. The molecule has 3 aromatic rings. The molecule has 174 valence electrons. The van der Waals surface area contributed by atoms with Gasteiger partial charge in [0.25, 0.3) is 10.0 Å². The van der Waals surface area contributed by atoms with Crippen molar-refractivity contribution in [1.82, 2.24) is 0 Å². The molecule has 0 aliphatic heterocycles. The Morgan fingerprint density at radius 1 is 1.03 bits per heavy atom. The molecule has 0 fully saturated rings. The number of ether oxygens (including phenoxy) is 2. The van der Waals surface area contributed by atoms with Crippen LogP contribution in [0.15, 0.2) is 71.6 Å². The van der Waals surface area contributed by atoms with Gasteiger partial charge in [-0.15, -0.1) is 0 Å². The zero-order valence-electron chi connectivity index (χ0n) is 18.5. The molecule has 0 spiro atoms. The van der Waals surface area contributed by atoms with Gasteiger partial charge in [0, 0.05) is 0 Å². The van der Waals surface area contributed by atoms with E-state index in [-0.39, 0.29) is 16.3 Å². The van der Waals surface area contributed by atoms with Crippen molar-refractivity contribution in [3.8, 4) is 11.5 Å². The smallest absolute Gasteiger partial charge is 0.268 e. The number of hydrogen-bond donors (Lipinski definition) is 1. The largest absolute Gasteiger partial charge is 0.495 e. The summed E-state index contributed by atoms with van der Waals surface area (Å²) in [6.45, 7) is 3.41. The summed E-state index contributed by atoms with van der Waals surface area (Å²) in [4.78, 5) is 12.8. The number of amides is 1. The highest BCUT2D eigenvalue weighted by atomic mass is 32.2. The van der Waals surface area contributed by atoms with Crippen LogP contribution in [0.2, 0.25) is 0 Å². The molecule has 0 saturated carbocycles. The first-order valence-corrected chi connectivity index (χ1v) is 11.6. The number of rotatable bonds is 9. The maximum Gasteiger partial charge on any atom is 0.268 e. The quantitative estimate of drug-likeness (QED) is 0.500. The number of nitrogens with one attached hydrogen (secondary N) is 1. The first-order valence-electron chi connectivity index (χ1n) is 10.2. The molecule has 3 rings (SSSR count). The van der Waals surface area contributed by atoms with Gasteiger partial charge in [-0.05, 0) is 67.9 Å². The lowest BCUT2D eigenvalue weighted by atomic mass is 10.2. The van der Waals surface area contributed by atoms with Gasteiger partial charge in [0.15, 0.2) is 0 Å². The van der Waals surface area contributed by atoms with Crippen LogP contribution in [0.1, 0.15) is 12.5 Å². The van der Waals surface area contributed by atoms with Crippen LogP contribution < -0.4 is 19.1 Å². The molecule has 0 atom stereocenters. The molecule has 3 aromatic carbocycles. The summed E-state index contributed by atoms with van der Waals surface area (Å²) >= 11 is 0. The van der Waals surface area contributed by atoms with Gasteiger partial charge < -0.3 is 14.8 Å². The molecule has 0 aliphatic rings. The Balaban J connectivity index is 2.00. The van der Waals surface area contributed by atoms with Gasteiger partial charge in [-0.3, -0.25) is 9.10 Å². The van der Waals surface area contributed by atoms with Crippen molar-refractivity contribution in [2.24, 2.45) is 0 Å². The Hall–Kier alpha value is -3.59. The SMILES string of the molecule is CCOc1ccccc1NC(=O)CN(c1ccc(F)cc1)S(=O)(=O)c1cc(C)ccc1OC. The average molecular weight is 473 g/mol. The normalized spacial score (nSPS) is 11.0. The molecule has 0 aliphatic carbocycles. The number of hydrogen-bond acceptors (Lipinski definition) is 5. The second-order valence-corrected chi connectivity index (χ2v) is 8.95. The number of sulfonamides is 1. The van der Waals surface area contributed by atoms with Crippen LogP contribution in [0.25, 0.3) is 0 Å². The van der Waals surface area contributed by atoms with E-state index in [1.807, 2.05) is 6.92 Å². The summed E-state index contributed by atoms with van der Waals surface area (Å²) < 4.78 is 52.5. The highest BCUT2D eigenvalue weighted by Crippen LogP contribution is 2.31. The number of para-hydroxylation sites is 2. The lowest BCUT2D eigenvalue weighted by Gasteiger charge is -2.25. The number of anilines is 2. The van der Waals surface area contributed by atoms with E-state index in [1.54, 1.807) is 43.3 Å². The molecule has 7 nitrogen and oxygen atoms in total. The van der Waals surface area contributed by atoms with Crippen LogP contribution in [-0.4, -0.2) is 34.6 Å². The van der Waals surface area contributed by atoms with Crippen molar-refractivity contribution in [1.29, 1.82) is 0 Å². The van der Waals surface area contributed by atoms with Crippen LogP contribution in [-0.2, 0) is 14.8 Å². The fourth-order valence-electron chi connectivity index (χ4n) is 3.20. The van der Waals surface area contributed by atoms with Crippen molar-refractivity contribution >= 4 is 27.3 Å². The van der Waals surface area contributed by atoms with Gasteiger partial charge in [0.2, 0.25) is 5.91 Å². The first kappa shape index (κ1) is 24.1. The summed E-state index contributed by atoms with van der Waals surface area (Å²) in [6, 6.07) is 16.4. The Morgan fingerprint density at radius 3 is 2.39 bits per heavy atom. The summed E-state index contributed by atoms with van der Waals surface area (Å²) in [5, 5.41) is 2.70. The minimum atomic E-state index is -4.25. The number of aryl methyl sites for hydroxylation is 1. The summed E-state index contributed by atoms with van der Waals surface area (Å²) in [7, 11) is -2.88. The number of halogens is 1. The van der Waals surface area contributed by atoms with E-state index in [9.17, 15) is 17.6 Å². The minimum absolute atomic E-state index is 0.100. The van der Waals surface area contributed by atoms with Crippen molar-refractivity contribution < 1.29 is 27.1 Å². The molecular weight excluding hydrogens is 447 g/mol. The van der Waals surface area contributed by atoms with Gasteiger partial charge in [-0.25, -0.2) is 12.8 Å². The second-order valence-electron chi connectivity index (χ2n) is 7.12. The maximum atomic E-state index is 13.7. The highest BCUT2D eigenvalue weighted by Gasteiger charge is 2.30. The van der Waals surface area contributed by atoms with Crippen molar-refractivity contribution in [2.45, 2.75) is 18.7 Å². The van der Waals surface area contributed by atoms with Gasteiger partial charge in [-0.2, -0.15) is 0 Å². The summed E-state index contributed by atoms with van der Waals surface area (Å²) in [6.07, 6.45) is 0. The van der Waals surface area contributed by atoms with Crippen molar-refractivity contribution in [3.63, 3.8) is 0 Å². The van der Waals surface area contributed by atoms with E-state index in [0.29, 0.717) is 23.6 Å². The van der Waals surface area contributed by atoms with Crippen molar-refractivity contribution in [2.75, 3.05) is 29.9 Å². The van der Waals surface area contributed by atoms with E-state index in [1.165, 1.54) is 25.3 Å². The van der Waals surface area contributed by atoms with Crippen molar-refractivity contribution in [3.05, 3.63) is 78.1 Å². The molecule has 9 heteroatoms. The first-order chi connectivity index (χ1) is 15.8. The van der Waals surface area contributed by atoms with Gasteiger partial charge in [0.1, 0.15) is 28.8 Å². The fourth-order valence-corrected chi connectivity index (χ4v) is 4.86. The number of benzene rings is 3. The van der Waals surface area contributed by atoms with Gasteiger partial charge in [-0.1, -0.05) is 18.2 Å². The third-order valence-electron chi connectivity index (χ3n) is 4.75. The Morgan fingerprint density at radius 2 is 1.73 bits per heavy atom. The van der Waals surface area contributed by atoms with E-state index < -0.39 is 28.3 Å². The Bertz CT molecular complexity index is 1230. The van der Waals surface area contributed by atoms with E-state index in [0.717, 1.165) is 16.4 Å². The van der Waals surface area contributed by atoms with E-state index >= 15 is 0 Å². The topological polar surface area (TPSA) is 84.9 Å². The highest BCUT2D eigenvalue weighted by molar-refractivity contribution is 7.93. The van der Waals surface area contributed by atoms with E-state index in [2.05, 4.69) is 5.32 Å². The molecule has 1 amide bonds. The standard InChI is InChI=1S/C24H25FN2O5S/c1-4-32-21-8-6-5-7-20(21)26-24(28)16-27(19-12-10-18(25)11-13-19)33(29,30)23-15-17(2)9-14-22(23)31-3/h5-15H,4,16H2,1-3H3,(H,26,28). The number of carbonyl (C=O) groups excluding carboxylic acids is 1. The maximum absolute atomic E-state index is 13.7. The third kappa shape index (κ3) is 5.61. The zero-order chi connectivity index (χ0) is 24.0. The van der Waals surface area contributed by atoms with Crippen LogP contribution in [0.5, 0.6) is 11.5 Å². The lowest BCUT2D eigenvalue weighted by molar-refractivity contribution is -0.114. The average Bonchev–Trinajstić information content (AvgIpc) is 2.79. The van der Waals surface area contributed by atoms with Gasteiger partial charge >= 0.3 is 0 Å². The minimum Gasteiger partial charge on any atom is -0.495 e. The zero-order valence-corrected chi connectivity index (χ0v) is 19.4. The summed E-state index contributed by atoms with van der Waals surface area (Å²) in [5.74, 6) is -0.527. The van der Waals surface area contributed by atoms with Crippen LogP contribution in [0, 0.1) is 12.7 Å². The Kier molecular flexibility index (Phi) is 7.55. The molecule has 0 heterocycles.